The lowest BCUT2D eigenvalue weighted by Gasteiger charge is -2.18. The standard InChI is InChI=1S/C16H21N3O2S2/c1-11-8-12(2)15(13(3)9-11)23(20,21)18-14-4-6-19(10-14)16-17-5-7-22-16/h5,7-9,14,18H,4,6,10H2,1-3H3. The summed E-state index contributed by atoms with van der Waals surface area (Å²) in [5.41, 5.74) is 2.67. The van der Waals surface area contributed by atoms with Crippen molar-refractivity contribution in [3.8, 4) is 0 Å². The molecule has 0 spiro atoms. The van der Waals surface area contributed by atoms with Crippen molar-refractivity contribution in [1.82, 2.24) is 9.71 Å². The molecule has 1 unspecified atom stereocenters. The molecular formula is C16H21N3O2S2. The summed E-state index contributed by atoms with van der Waals surface area (Å²) < 4.78 is 28.5. The Morgan fingerprint density at radius 2 is 1.96 bits per heavy atom. The number of nitrogens with one attached hydrogen (secondary N) is 1. The highest BCUT2D eigenvalue weighted by Crippen LogP contribution is 2.25. The van der Waals surface area contributed by atoms with Crippen molar-refractivity contribution in [3.63, 3.8) is 0 Å². The SMILES string of the molecule is Cc1cc(C)c(S(=O)(=O)NC2CCN(c3nccs3)C2)c(C)c1. The number of nitrogens with zero attached hydrogens (tertiary/aromatic N) is 2. The molecule has 1 saturated heterocycles. The summed E-state index contributed by atoms with van der Waals surface area (Å²) >= 11 is 1.58. The van der Waals surface area contributed by atoms with Gasteiger partial charge >= 0.3 is 0 Å². The van der Waals surface area contributed by atoms with Gasteiger partial charge in [0, 0.05) is 30.7 Å². The molecule has 0 saturated carbocycles. The summed E-state index contributed by atoms with van der Waals surface area (Å²) in [6.07, 6.45) is 2.57. The van der Waals surface area contributed by atoms with Crippen LogP contribution in [0.3, 0.4) is 0 Å². The third-order valence-corrected chi connectivity index (χ3v) is 6.73. The fraction of sp³-hybridized carbons (Fsp3) is 0.438. The lowest BCUT2D eigenvalue weighted by atomic mass is 10.1. The number of hydrogen-bond acceptors (Lipinski definition) is 5. The van der Waals surface area contributed by atoms with Gasteiger partial charge in [-0.1, -0.05) is 17.7 Å². The average Bonchev–Trinajstić information content (AvgIpc) is 3.06. The maximum Gasteiger partial charge on any atom is 0.241 e. The van der Waals surface area contributed by atoms with E-state index in [1.54, 1.807) is 17.5 Å². The van der Waals surface area contributed by atoms with Gasteiger partial charge in [-0.3, -0.25) is 0 Å². The lowest BCUT2D eigenvalue weighted by Crippen LogP contribution is -2.37. The van der Waals surface area contributed by atoms with E-state index in [-0.39, 0.29) is 6.04 Å². The van der Waals surface area contributed by atoms with E-state index in [4.69, 9.17) is 0 Å². The summed E-state index contributed by atoms with van der Waals surface area (Å²) in [7, 11) is -3.51. The van der Waals surface area contributed by atoms with Crippen LogP contribution < -0.4 is 9.62 Å². The number of anilines is 1. The Morgan fingerprint density at radius 1 is 1.26 bits per heavy atom. The highest BCUT2D eigenvalue weighted by molar-refractivity contribution is 7.89. The van der Waals surface area contributed by atoms with Crippen LogP contribution in [-0.2, 0) is 10.0 Å². The normalized spacial score (nSPS) is 18.6. The number of sulfonamides is 1. The number of rotatable bonds is 4. The molecule has 0 aliphatic carbocycles. The van der Waals surface area contributed by atoms with Gasteiger partial charge in [0.15, 0.2) is 5.13 Å². The maximum absolute atomic E-state index is 12.8. The molecule has 23 heavy (non-hydrogen) atoms. The topological polar surface area (TPSA) is 62.3 Å². The van der Waals surface area contributed by atoms with Gasteiger partial charge in [-0.25, -0.2) is 18.1 Å². The molecule has 124 valence electrons. The molecule has 1 fully saturated rings. The van der Waals surface area contributed by atoms with E-state index < -0.39 is 10.0 Å². The van der Waals surface area contributed by atoms with Crippen LogP contribution >= 0.6 is 11.3 Å². The fourth-order valence-electron chi connectivity index (χ4n) is 3.27. The summed E-state index contributed by atoms with van der Waals surface area (Å²) in [6, 6.07) is 3.75. The van der Waals surface area contributed by atoms with Gasteiger partial charge in [-0.2, -0.15) is 0 Å². The molecule has 1 aromatic carbocycles. The number of aromatic nitrogens is 1. The summed E-state index contributed by atoms with van der Waals surface area (Å²) in [5, 5.41) is 2.89. The van der Waals surface area contributed by atoms with Gasteiger partial charge in [-0.15, -0.1) is 11.3 Å². The second-order valence-electron chi connectivity index (χ2n) is 6.10. The Morgan fingerprint density at radius 3 is 2.57 bits per heavy atom. The van der Waals surface area contributed by atoms with Gasteiger partial charge in [0.1, 0.15) is 0 Å². The van der Waals surface area contributed by atoms with Gasteiger partial charge in [0.25, 0.3) is 0 Å². The Kier molecular flexibility index (Phi) is 4.44. The molecule has 3 rings (SSSR count). The zero-order chi connectivity index (χ0) is 16.6. The second-order valence-corrected chi connectivity index (χ2v) is 8.62. The quantitative estimate of drug-likeness (QED) is 0.920. The summed E-state index contributed by atoms with van der Waals surface area (Å²) in [6.45, 7) is 7.17. The maximum atomic E-state index is 12.8. The molecule has 1 aromatic heterocycles. The number of thiazole rings is 1. The first-order chi connectivity index (χ1) is 10.9. The van der Waals surface area contributed by atoms with E-state index in [0.29, 0.717) is 11.4 Å². The van der Waals surface area contributed by atoms with Gasteiger partial charge < -0.3 is 4.90 Å². The number of benzene rings is 1. The van der Waals surface area contributed by atoms with Crippen molar-refractivity contribution in [2.45, 2.75) is 38.1 Å². The zero-order valence-electron chi connectivity index (χ0n) is 13.5. The molecule has 7 heteroatoms. The van der Waals surface area contributed by atoms with Crippen molar-refractivity contribution < 1.29 is 8.42 Å². The van der Waals surface area contributed by atoms with E-state index >= 15 is 0 Å². The van der Waals surface area contributed by atoms with E-state index in [1.807, 2.05) is 38.3 Å². The summed E-state index contributed by atoms with van der Waals surface area (Å²) in [5.74, 6) is 0. The van der Waals surface area contributed by atoms with E-state index in [1.165, 1.54) is 0 Å². The molecule has 5 nitrogen and oxygen atoms in total. The highest BCUT2D eigenvalue weighted by atomic mass is 32.2. The monoisotopic (exact) mass is 351 g/mol. The third kappa shape index (κ3) is 3.41. The second kappa shape index (κ2) is 6.22. The zero-order valence-corrected chi connectivity index (χ0v) is 15.2. The molecule has 1 aliphatic rings. The number of hydrogen-bond donors (Lipinski definition) is 1. The van der Waals surface area contributed by atoms with Crippen molar-refractivity contribution in [2.75, 3.05) is 18.0 Å². The highest BCUT2D eigenvalue weighted by Gasteiger charge is 2.29. The summed E-state index contributed by atoms with van der Waals surface area (Å²) in [4.78, 5) is 6.84. The number of aryl methyl sites for hydroxylation is 3. The van der Waals surface area contributed by atoms with Crippen LogP contribution in [0, 0.1) is 20.8 Å². The molecule has 1 aliphatic heterocycles. The molecule has 2 heterocycles. The Labute approximate surface area is 141 Å². The van der Waals surface area contributed by atoms with Gasteiger partial charge in [-0.05, 0) is 38.3 Å². The molecular weight excluding hydrogens is 330 g/mol. The average molecular weight is 351 g/mol. The molecule has 0 amide bonds. The molecule has 1 atom stereocenters. The van der Waals surface area contributed by atoms with Crippen LogP contribution in [0.25, 0.3) is 0 Å². The molecule has 2 aromatic rings. The van der Waals surface area contributed by atoms with E-state index in [0.717, 1.165) is 34.8 Å². The molecule has 0 bridgehead atoms. The van der Waals surface area contributed by atoms with Crippen LogP contribution in [0.15, 0.2) is 28.6 Å². The Balaban J connectivity index is 1.78. The van der Waals surface area contributed by atoms with Gasteiger partial charge in [0.05, 0.1) is 4.90 Å². The minimum absolute atomic E-state index is 0.0796. The van der Waals surface area contributed by atoms with Crippen LogP contribution in [0.1, 0.15) is 23.1 Å². The van der Waals surface area contributed by atoms with Gasteiger partial charge in [0.2, 0.25) is 10.0 Å². The first-order valence-corrected chi connectivity index (χ1v) is 9.98. The first kappa shape index (κ1) is 16.4. The largest absolute Gasteiger partial charge is 0.346 e. The predicted molar refractivity (Wildman–Crippen MR) is 93.7 cm³/mol. The Bertz CT molecular complexity index is 778. The van der Waals surface area contributed by atoms with Crippen LogP contribution in [0.4, 0.5) is 5.13 Å². The molecule has 1 N–H and O–H groups in total. The minimum Gasteiger partial charge on any atom is -0.346 e. The first-order valence-electron chi connectivity index (χ1n) is 7.61. The minimum atomic E-state index is -3.51. The third-order valence-electron chi connectivity index (χ3n) is 4.07. The van der Waals surface area contributed by atoms with Crippen LogP contribution in [-0.4, -0.2) is 32.5 Å². The lowest BCUT2D eigenvalue weighted by molar-refractivity contribution is 0.560. The van der Waals surface area contributed by atoms with Crippen molar-refractivity contribution in [1.29, 1.82) is 0 Å². The molecule has 0 radical (unpaired) electrons. The smallest absolute Gasteiger partial charge is 0.241 e. The Hall–Kier alpha value is -1.44. The van der Waals surface area contributed by atoms with Crippen LogP contribution in [0.2, 0.25) is 0 Å². The van der Waals surface area contributed by atoms with Crippen molar-refractivity contribution in [2.24, 2.45) is 0 Å². The fourth-order valence-corrected chi connectivity index (χ4v) is 5.67. The van der Waals surface area contributed by atoms with Crippen LogP contribution in [0.5, 0.6) is 0 Å². The van der Waals surface area contributed by atoms with Crippen molar-refractivity contribution in [3.05, 3.63) is 40.4 Å². The van der Waals surface area contributed by atoms with E-state index in [9.17, 15) is 8.42 Å². The predicted octanol–water partition coefficient (Wildman–Crippen LogP) is 2.63. The van der Waals surface area contributed by atoms with Crippen molar-refractivity contribution >= 4 is 26.5 Å². The van der Waals surface area contributed by atoms with E-state index in [2.05, 4.69) is 14.6 Å².